The van der Waals surface area contributed by atoms with Gasteiger partial charge in [0.1, 0.15) is 17.2 Å². The number of piperidine rings is 1. The normalized spacial score (nSPS) is 18.3. The molecule has 0 saturated carbocycles. The van der Waals surface area contributed by atoms with Crippen LogP contribution in [0.5, 0.6) is 0 Å². The monoisotopic (exact) mass is 494 g/mol. The van der Waals surface area contributed by atoms with Gasteiger partial charge < -0.3 is 10.6 Å². The molecule has 1 fully saturated rings. The lowest BCUT2D eigenvalue weighted by Crippen LogP contribution is -2.48. The van der Waals surface area contributed by atoms with Crippen molar-refractivity contribution in [3.05, 3.63) is 65.6 Å². The molecule has 1 aliphatic heterocycles. The number of likely N-dealkylation sites (tertiary alicyclic amines) is 1. The van der Waals surface area contributed by atoms with Crippen molar-refractivity contribution in [2.45, 2.75) is 31.0 Å². The van der Waals surface area contributed by atoms with Crippen LogP contribution in [0.4, 0.5) is 32.2 Å². The number of rotatable bonds is 2. The summed E-state index contributed by atoms with van der Waals surface area (Å²) in [6.45, 7) is -1.04. The van der Waals surface area contributed by atoms with Gasteiger partial charge in [-0.2, -0.15) is 13.2 Å². The molecule has 0 aliphatic carbocycles. The number of amides is 1. The van der Waals surface area contributed by atoms with Crippen LogP contribution in [-0.4, -0.2) is 42.6 Å². The molecule has 13 heteroatoms. The third-order valence-corrected chi connectivity index (χ3v) is 5.97. The second kappa shape index (κ2) is 7.82. The SMILES string of the molecule is Nc1nc2cc(F)c(C(=O)N3CC(F)(F)CC[C@@H]3c3ccc(C(F)(F)F)cn3)cc2n2cncc12. The standard InChI is InChI=1S/C22H16F6N6O/c23-13-6-15-17(34-10-30-8-18(34)19(29)32-15)5-12(13)20(35)33-9-21(24,25)4-3-16(33)14-2-1-11(7-31-14)22(26,27)28/h1-2,5-8,10,16H,3-4,9H2,(H2,29,32)/t16-/m1/s1. The second-order valence-electron chi connectivity index (χ2n) is 8.28. The van der Waals surface area contributed by atoms with Gasteiger partial charge in [-0.05, 0) is 24.6 Å². The van der Waals surface area contributed by atoms with Crippen LogP contribution in [-0.2, 0) is 6.18 Å². The van der Waals surface area contributed by atoms with Gasteiger partial charge in [-0.25, -0.2) is 23.1 Å². The molecule has 1 amide bonds. The number of nitrogen functional groups attached to an aromatic ring is 1. The Bertz CT molecular complexity index is 1450. The number of aromatic nitrogens is 4. The van der Waals surface area contributed by atoms with Gasteiger partial charge in [0.2, 0.25) is 0 Å². The molecule has 4 heterocycles. The van der Waals surface area contributed by atoms with Crippen LogP contribution in [0.15, 0.2) is 43.0 Å². The van der Waals surface area contributed by atoms with Crippen LogP contribution >= 0.6 is 0 Å². The number of pyridine rings is 1. The molecular formula is C22H16F6N6O. The van der Waals surface area contributed by atoms with E-state index < -0.39 is 54.0 Å². The summed E-state index contributed by atoms with van der Waals surface area (Å²) in [4.78, 5) is 26.0. The van der Waals surface area contributed by atoms with Gasteiger partial charge in [-0.3, -0.25) is 14.2 Å². The number of carbonyl (C=O) groups is 1. The summed E-state index contributed by atoms with van der Waals surface area (Å²) < 4.78 is 83.8. The van der Waals surface area contributed by atoms with Gasteiger partial charge in [0.15, 0.2) is 0 Å². The molecule has 7 nitrogen and oxygen atoms in total. The highest BCUT2D eigenvalue weighted by molar-refractivity contribution is 5.98. The summed E-state index contributed by atoms with van der Waals surface area (Å²) >= 11 is 0. The van der Waals surface area contributed by atoms with Crippen molar-refractivity contribution in [3.63, 3.8) is 0 Å². The minimum Gasteiger partial charge on any atom is -0.382 e. The summed E-state index contributed by atoms with van der Waals surface area (Å²) in [5, 5.41) is 0. The molecule has 3 aromatic heterocycles. The predicted octanol–water partition coefficient (Wildman–Crippen LogP) is 4.63. The summed E-state index contributed by atoms with van der Waals surface area (Å²) in [5.74, 6) is -5.25. The van der Waals surface area contributed by atoms with Gasteiger partial charge in [-0.1, -0.05) is 0 Å². The minimum absolute atomic E-state index is 0.00510. The second-order valence-corrected chi connectivity index (χ2v) is 8.28. The van der Waals surface area contributed by atoms with E-state index in [4.69, 9.17) is 5.73 Å². The summed E-state index contributed by atoms with van der Waals surface area (Å²) in [6.07, 6.45) is -2.13. The number of hydrogen-bond donors (Lipinski definition) is 1. The number of nitrogens with two attached hydrogens (primary N) is 1. The average Bonchev–Trinajstić information content (AvgIpc) is 3.28. The van der Waals surface area contributed by atoms with Crippen LogP contribution in [0, 0.1) is 5.82 Å². The molecule has 5 rings (SSSR count). The molecule has 0 unspecified atom stereocenters. The molecule has 1 saturated heterocycles. The zero-order valence-electron chi connectivity index (χ0n) is 17.7. The number of imidazole rings is 1. The fourth-order valence-corrected chi connectivity index (χ4v) is 4.25. The number of benzene rings is 1. The first-order valence-corrected chi connectivity index (χ1v) is 10.4. The Morgan fingerprint density at radius 3 is 2.60 bits per heavy atom. The third-order valence-electron chi connectivity index (χ3n) is 5.97. The van der Waals surface area contributed by atoms with E-state index in [0.717, 1.165) is 29.2 Å². The average molecular weight is 494 g/mol. The first kappa shape index (κ1) is 22.9. The van der Waals surface area contributed by atoms with Crippen LogP contribution in [0.2, 0.25) is 0 Å². The lowest BCUT2D eigenvalue weighted by atomic mass is 9.95. The highest BCUT2D eigenvalue weighted by Crippen LogP contribution is 2.39. The Morgan fingerprint density at radius 1 is 1.14 bits per heavy atom. The van der Waals surface area contributed by atoms with Crippen LogP contribution in [0.3, 0.4) is 0 Å². The van der Waals surface area contributed by atoms with Crippen molar-refractivity contribution in [1.82, 2.24) is 24.3 Å². The molecule has 0 spiro atoms. The van der Waals surface area contributed by atoms with Gasteiger partial charge >= 0.3 is 6.18 Å². The van der Waals surface area contributed by atoms with Gasteiger partial charge in [-0.15, -0.1) is 0 Å². The number of hydrogen-bond acceptors (Lipinski definition) is 5. The van der Waals surface area contributed by atoms with E-state index in [9.17, 15) is 26.7 Å². The van der Waals surface area contributed by atoms with E-state index >= 15 is 4.39 Å². The number of anilines is 1. The van der Waals surface area contributed by atoms with Crippen LogP contribution in [0.1, 0.15) is 40.5 Å². The predicted molar refractivity (Wildman–Crippen MR) is 112 cm³/mol. The zero-order chi connectivity index (χ0) is 25.1. The summed E-state index contributed by atoms with van der Waals surface area (Å²) in [5.41, 5.74) is 5.11. The van der Waals surface area contributed by atoms with E-state index in [-0.39, 0.29) is 29.0 Å². The van der Waals surface area contributed by atoms with Crippen LogP contribution < -0.4 is 5.73 Å². The van der Waals surface area contributed by atoms with Crippen molar-refractivity contribution < 1.29 is 31.1 Å². The van der Waals surface area contributed by atoms with Crippen LogP contribution in [0.25, 0.3) is 16.6 Å². The van der Waals surface area contributed by atoms with Crippen molar-refractivity contribution >= 4 is 28.3 Å². The Hall–Kier alpha value is -3.90. The maximum atomic E-state index is 15.0. The summed E-state index contributed by atoms with van der Waals surface area (Å²) in [7, 11) is 0. The van der Waals surface area contributed by atoms with Crippen molar-refractivity contribution in [3.8, 4) is 0 Å². The lowest BCUT2D eigenvalue weighted by Gasteiger charge is -2.39. The molecule has 0 bridgehead atoms. The molecule has 2 N–H and O–H groups in total. The maximum Gasteiger partial charge on any atom is 0.417 e. The van der Waals surface area contributed by atoms with Gasteiger partial charge in [0, 0.05) is 18.7 Å². The quantitative estimate of drug-likeness (QED) is 0.411. The molecule has 4 aromatic rings. The van der Waals surface area contributed by atoms with Gasteiger partial charge in [0.05, 0.1) is 53.0 Å². The Kier molecular flexibility index (Phi) is 5.11. The summed E-state index contributed by atoms with van der Waals surface area (Å²) in [6, 6.07) is 2.86. The molecular weight excluding hydrogens is 478 g/mol. The smallest absolute Gasteiger partial charge is 0.382 e. The number of halogens is 6. The van der Waals surface area contributed by atoms with E-state index in [1.54, 1.807) is 0 Å². The van der Waals surface area contributed by atoms with Crippen molar-refractivity contribution in [1.29, 1.82) is 0 Å². The minimum atomic E-state index is -4.63. The van der Waals surface area contributed by atoms with Crippen molar-refractivity contribution in [2.24, 2.45) is 0 Å². The Labute approximate surface area is 193 Å². The highest BCUT2D eigenvalue weighted by Gasteiger charge is 2.44. The molecule has 1 aromatic carbocycles. The maximum absolute atomic E-state index is 15.0. The molecule has 0 radical (unpaired) electrons. The number of alkyl halides is 5. The topological polar surface area (TPSA) is 89.4 Å². The lowest BCUT2D eigenvalue weighted by molar-refractivity contribution is -0.137. The Morgan fingerprint density at radius 2 is 1.91 bits per heavy atom. The van der Waals surface area contributed by atoms with Crippen molar-refractivity contribution in [2.75, 3.05) is 12.3 Å². The number of carbonyl (C=O) groups excluding carboxylic acids is 1. The molecule has 182 valence electrons. The molecule has 1 atom stereocenters. The fraction of sp³-hybridized carbons (Fsp3) is 0.273. The highest BCUT2D eigenvalue weighted by atomic mass is 19.4. The Balaban J connectivity index is 1.58. The van der Waals surface area contributed by atoms with E-state index in [1.165, 1.54) is 16.9 Å². The van der Waals surface area contributed by atoms with E-state index in [2.05, 4.69) is 15.0 Å². The van der Waals surface area contributed by atoms with E-state index in [0.29, 0.717) is 11.7 Å². The number of nitrogens with zero attached hydrogens (tertiary/aromatic N) is 5. The third kappa shape index (κ3) is 4.00. The number of fused-ring (bicyclic) bond motifs is 3. The molecule has 1 aliphatic rings. The first-order valence-electron chi connectivity index (χ1n) is 10.4. The largest absolute Gasteiger partial charge is 0.417 e. The molecule has 35 heavy (non-hydrogen) atoms. The van der Waals surface area contributed by atoms with E-state index in [1.807, 2.05) is 0 Å². The fourth-order valence-electron chi connectivity index (χ4n) is 4.25. The van der Waals surface area contributed by atoms with Gasteiger partial charge in [0.25, 0.3) is 11.8 Å². The zero-order valence-corrected chi connectivity index (χ0v) is 17.7. The first-order chi connectivity index (χ1) is 16.4.